The molecule has 5 atom stereocenters. The molecule has 34 heavy (non-hydrogen) atoms. The van der Waals surface area contributed by atoms with Crippen molar-refractivity contribution in [2.24, 2.45) is 0 Å². The zero-order valence-electron chi connectivity index (χ0n) is 17.6. The molecule has 0 radical (unpaired) electrons. The van der Waals surface area contributed by atoms with Crippen LogP contribution in [-0.4, -0.2) is 79.0 Å². The second kappa shape index (κ2) is 8.66. The van der Waals surface area contributed by atoms with Crippen LogP contribution in [0.1, 0.15) is 11.7 Å². The average Bonchev–Trinajstić information content (AvgIpc) is 2.80. The van der Waals surface area contributed by atoms with Gasteiger partial charge in [-0.2, -0.15) is 0 Å². The third-order valence-electron chi connectivity index (χ3n) is 5.76. The molecule has 12 nitrogen and oxygen atoms in total. The van der Waals surface area contributed by atoms with Gasteiger partial charge in [-0.1, -0.05) is 0 Å². The van der Waals surface area contributed by atoms with Gasteiger partial charge in [0.05, 0.1) is 19.3 Å². The maximum atomic E-state index is 13.0. The molecule has 1 fully saturated rings. The van der Waals surface area contributed by atoms with Crippen molar-refractivity contribution in [1.29, 1.82) is 0 Å². The molecule has 2 aromatic carbocycles. The van der Waals surface area contributed by atoms with E-state index in [0.717, 1.165) is 25.3 Å². The molecule has 182 valence electrons. The lowest BCUT2D eigenvalue weighted by Gasteiger charge is -2.40. The molecule has 0 amide bonds. The van der Waals surface area contributed by atoms with Crippen LogP contribution >= 0.6 is 0 Å². The number of phenolic OH excluding ortho intramolecular Hbond substituents is 4. The summed E-state index contributed by atoms with van der Waals surface area (Å²) >= 11 is 0. The van der Waals surface area contributed by atoms with Gasteiger partial charge in [-0.3, -0.25) is 4.79 Å². The smallest absolute Gasteiger partial charge is 0.204 e. The molecule has 1 saturated heterocycles. The quantitative estimate of drug-likeness (QED) is 0.229. The summed E-state index contributed by atoms with van der Waals surface area (Å²) in [5.41, 5.74) is -1.51. The molecule has 1 aliphatic rings. The Morgan fingerprint density at radius 2 is 1.65 bits per heavy atom. The van der Waals surface area contributed by atoms with E-state index >= 15 is 0 Å². The topological polar surface area (TPSA) is 211 Å². The minimum absolute atomic E-state index is 0.142. The minimum atomic E-state index is -1.85. The van der Waals surface area contributed by atoms with Gasteiger partial charge in [0.15, 0.2) is 34.0 Å². The second-order valence-electron chi connectivity index (χ2n) is 7.78. The van der Waals surface area contributed by atoms with Gasteiger partial charge in [0.1, 0.15) is 41.7 Å². The van der Waals surface area contributed by atoms with Crippen LogP contribution in [0.4, 0.5) is 0 Å². The third kappa shape index (κ3) is 3.57. The molecule has 8 N–H and O–H groups in total. The van der Waals surface area contributed by atoms with Gasteiger partial charge in [0.2, 0.25) is 5.75 Å². The number of hydrogen-bond donors (Lipinski definition) is 8. The highest BCUT2D eigenvalue weighted by molar-refractivity contribution is 5.93. The van der Waals surface area contributed by atoms with Crippen molar-refractivity contribution in [2.75, 3.05) is 13.7 Å². The van der Waals surface area contributed by atoms with Gasteiger partial charge < -0.3 is 54.7 Å². The number of phenols is 4. The summed E-state index contributed by atoms with van der Waals surface area (Å²) in [6.07, 6.45) is -8.34. The van der Waals surface area contributed by atoms with Gasteiger partial charge in [0.25, 0.3) is 0 Å². The SMILES string of the molecule is COc1c(O)c(C2OC(CO)C(O)C(O)C2O)c2oc(-c3ccc(O)c(O)c3)cc(=O)c2c1O. The number of rotatable bonds is 4. The molecule has 12 heteroatoms. The molecule has 0 bridgehead atoms. The first-order chi connectivity index (χ1) is 16.1. The maximum Gasteiger partial charge on any atom is 0.204 e. The van der Waals surface area contributed by atoms with Crippen molar-refractivity contribution >= 4 is 11.0 Å². The summed E-state index contributed by atoms with van der Waals surface area (Å²) in [4.78, 5) is 13.0. The first kappa shape index (κ1) is 23.6. The Kier molecular flexibility index (Phi) is 6.02. The average molecular weight is 478 g/mol. The van der Waals surface area contributed by atoms with E-state index in [-0.39, 0.29) is 11.3 Å². The van der Waals surface area contributed by atoms with E-state index in [1.165, 1.54) is 6.07 Å². The molecule has 0 saturated carbocycles. The number of ether oxygens (including phenoxy) is 2. The molecule has 5 unspecified atom stereocenters. The number of methoxy groups -OCH3 is 1. The van der Waals surface area contributed by atoms with Crippen molar-refractivity contribution in [3.63, 3.8) is 0 Å². The first-order valence-electron chi connectivity index (χ1n) is 10.0. The highest BCUT2D eigenvalue weighted by atomic mass is 16.5. The highest BCUT2D eigenvalue weighted by Crippen LogP contribution is 2.50. The zero-order chi connectivity index (χ0) is 24.9. The normalized spacial score (nSPS) is 24.9. The van der Waals surface area contributed by atoms with Crippen LogP contribution in [0.15, 0.2) is 33.5 Å². The Hall–Kier alpha value is -3.55. The van der Waals surface area contributed by atoms with Gasteiger partial charge >= 0.3 is 0 Å². The van der Waals surface area contributed by atoms with Crippen molar-refractivity contribution in [1.82, 2.24) is 0 Å². The van der Waals surface area contributed by atoms with Gasteiger partial charge in [-0.25, -0.2) is 0 Å². The van der Waals surface area contributed by atoms with Gasteiger partial charge in [-0.15, -0.1) is 0 Å². The summed E-state index contributed by atoms with van der Waals surface area (Å²) in [5, 5.41) is 80.8. The lowest BCUT2D eigenvalue weighted by Crippen LogP contribution is -2.55. The van der Waals surface area contributed by atoms with E-state index in [4.69, 9.17) is 13.9 Å². The predicted octanol–water partition coefficient (Wildman–Crippen LogP) is -0.194. The Labute approximate surface area is 190 Å². The standard InChI is InChI=1S/C22H22O12/c1-32-22-16(28)13-10(26)5-11(7-2-3-8(24)9(25)4-7)33-20(13)14(17(22)29)21-19(31)18(30)15(27)12(6-23)34-21/h2-5,12,15,18-19,21,23-25,27-31H,6H2,1H3. The van der Waals surface area contributed by atoms with E-state index in [9.17, 15) is 45.6 Å². The fourth-order valence-electron chi connectivity index (χ4n) is 3.98. The Balaban J connectivity index is 2.04. The summed E-state index contributed by atoms with van der Waals surface area (Å²) in [5.74, 6) is -3.17. The molecular weight excluding hydrogens is 456 g/mol. The van der Waals surface area contributed by atoms with Crippen LogP contribution in [0.5, 0.6) is 28.7 Å². The molecule has 1 aromatic heterocycles. The van der Waals surface area contributed by atoms with Crippen LogP contribution in [0, 0.1) is 0 Å². The van der Waals surface area contributed by atoms with Gasteiger partial charge in [-0.05, 0) is 18.2 Å². The second-order valence-corrected chi connectivity index (χ2v) is 7.78. The first-order valence-corrected chi connectivity index (χ1v) is 10.0. The van der Waals surface area contributed by atoms with Crippen molar-refractivity contribution in [3.05, 3.63) is 40.1 Å². The summed E-state index contributed by atoms with van der Waals surface area (Å²) in [7, 11) is 1.10. The zero-order valence-corrected chi connectivity index (χ0v) is 17.6. The largest absolute Gasteiger partial charge is 0.504 e. The van der Waals surface area contributed by atoms with Crippen LogP contribution < -0.4 is 10.2 Å². The number of fused-ring (bicyclic) bond motifs is 1. The molecule has 3 aromatic rings. The Morgan fingerprint density at radius 3 is 2.26 bits per heavy atom. The molecule has 2 heterocycles. The fraction of sp³-hybridized carbons (Fsp3) is 0.318. The summed E-state index contributed by atoms with van der Waals surface area (Å²) in [6, 6.07) is 4.57. The number of hydrogen-bond acceptors (Lipinski definition) is 12. The summed E-state index contributed by atoms with van der Waals surface area (Å²) in [6.45, 7) is -0.753. The van der Waals surface area contributed by atoms with Gasteiger partial charge in [0, 0.05) is 11.6 Å². The highest BCUT2D eigenvalue weighted by Gasteiger charge is 2.46. The number of aliphatic hydroxyl groups is 4. The summed E-state index contributed by atoms with van der Waals surface area (Å²) < 4.78 is 16.3. The molecule has 1 aliphatic heterocycles. The van der Waals surface area contributed by atoms with Crippen LogP contribution in [0.2, 0.25) is 0 Å². The maximum absolute atomic E-state index is 13.0. The number of benzene rings is 2. The minimum Gasteiger partial charge on any atom is -0.504 e. The lowest BCUT2D eigenvalue weighted by molar-refractivity contribution is -0.231. The Morgan fingerprint density at radius 1 is 0.941 bits per heavy atom. The van der Waals surface area contributed by atoms with E-state index in [0.29, 0.717) is 0 Å². The molecule has 4 rings (SSSR count). The Bertz CT molecular complexity index is 1300. The van der Waals surface area contributed by atoms with Crippen LogP contribution in [-0.2, 0) is 4.74 Å². The monoisotopic (exact) mass is 478 g/mol. The van der Waals surface area contributed by atoms with Crippen molar-refractivity contribution in [3.8, 4) is 40.1 Å². The van der Waals surface area contributed by atoms with E-state index in [1.54, 1.807) is 0 Å². The van der Waals surface area contributed by atoms with Crippen molar-refractivity contribution < 1.29 is 54.7 Å². The molecular formula is C22H22O12. The van der Waals surface area contributed by atoms with Crippen LogP contribution in [0.3, 0.4) is 0 Å². The fourth-order valence-corrected chi connectivity index (χ4v) is 3.98. The number of aromatic hydroxyl groups is 4. The van der Waals surface area contributed by atoms with E-state index < -0.39 is 87.8 Å². The molecule has 0 spiro atoms. The molecule has 0 aliphatic carbocycles. The predicted molar refractivity (Wildman–Crippen MR) is 114 cm³/mol. The number of aliphatic hydroxyl groups excluding tert-OH is 4. The van der Waals surface area contributed by atoms with E-state index in [1.807, 2.05) is 0 Å². The lowest BCUT2D eigenvalue weighted by atomic mass is 9.89. The van der Waals surface area contributed by atoms with Crippen LogP contribution in [0.25, 0.3) is 22.3 Å². The van der Waals surface area contributed by atoms with E-state index in [2.05, 4.69) is 0 Å². The van der Waals surface area contributed by atoms with Crippen molar-refractivity contribution in [2.45, 2.75) is 30.5 Å². The third-order valence-corrected chi connectivity index (χ3v) is 5.76.